The fourth-order valence-electron chi connectivity index (χ4n) is 4.54. The number of carbonyl (C=O) groups excluding carboxylic acids is 2. The molecule has 31 heavy (non-hydrogen) atoms. The first-order chi connectivity index (χ1) is 14.8. The number of alkyl halides is 3. The second-order valence-electron chi connectivity index (χ2n) is 8.34. The van der Waals surface area contributed by atoms with E-state index in [1.54, 1.807) is 4.90 Å². The van der Waals surface area contributed by atoms with Crippen LogP contribution in [0.5, 0.6) is 0 Å². The zero-order chi connectivity index (χ0) is 22.0. The van der Waals surface area contributed by atoms with Crippen LogP contribution in [0, 0.1) is 11.8 Å². The summed E-state index contributed by atoms with van der Waals surface area (Å²) in [6.45, 7) is 1.48. The van der Waals surface area contributed by atoms with E-state index in [4.69, 9.17) is 0 Å². The third-order valence-corrected chi connectivity index (χ3v) is 6.28. The maximum absolute atomic E-state index is 13.0. The lowest BCUT2D eigenvalue weighted by atomic mass is 9.89. The lowest BCUT2D eigenvalue weighted by molar-refractivity contribution is -0.141. The first-order valence-corrected chi connectivity index (χ1v) is 10.6. The quantitative estimate of drug-likeness (QED) is 0.669. The number of benzene rings is 2. The van der Waals surface area contributed by atoms with Crippen LogP contribution < -0.4 is 4.90 Å². The third kappa shape index (κ3) is 4.75. The minimum Gasteiger partial charge on any atom is -0.342 e. The van der Waals surface area contributed by atoms with Gasteiger partial charge in [0.15, 0.2) is 0 Å². The molecule has 0 bridgehead atoms. The molecule has 4 rings (SSSR count). The number of likely N-dealkylation sites (tertiary alicyclic amines) is 1. The zero-order valence-corrected chi connectivity index (χ0v) is 17.1. The molecule has 0 aromatic heterocycles. The van der Waals surface area contributed by atoms with E-state index in [-0.39, 0.29) is 18.1 Å². The summed E-state index contributed by atoms with van der Waals surface area (Å²) in [5.41, 5.74) is 0.680. The maximum atomic E-state index is 13.0. The number of nitrogens with zero attached hydrogens (tertiary/aromatic N) is 2. The fraction of sp³-hybridized carbons (Fsp3) is 0.417. The summed E-state index contributed by atoms with van der Waals surface area (Å²) >= 11 is 0. The molecule has 164 valence electrons. The highest BCUT2D eigenvalue weighted by Gasteiger charge is 2.41. The van der Waals surface area contributed by atoms with Crippen LogP contribution in [0.15, 0.2) is 54.6 Å². The Balaban J connectivity index is 1.36. The molecule has 0 radical (unpaired) electrons. The number of anilines is 1. The summed E-state index contributed by atoms with van der Waals surface area (Å²) < 4.78 is 39.0. The van der Waals surface area contributed by atoms with E-state index in [0.29, 0.717) is 25.4 Å². The van der Waals surface area contributed by atoms with Crippen molar-refractivity contribution >= 4 is 17.5 Å². The van der Waals surface area contributed by atoms with Gasteiger partial charge in [0.1, 0.15) is 5.92 Å². The molecule has 4 nitrogen and oxygen atoms in total. The van der Waals surface area contributed by atoms with E-state index >= 15 is 0 Å². The van der Waals surface area contributed by atoms with E-state index in [9.17, 15) is 22.8 Å². The van der Waals surface area contributed by atoms with Crippen LogP contribution in [0.4, 0.5) is 18.9 Å². The molecule has 0 saturated carbocycles. The van der Waals surface area contributed by atoms with Gasteiger partial charge in [-0.1, -0.05) is 36.4 Å². The summed E-state index contributed by atoms with van der Waals surface area (Å²) in [7, 11) is 0. The molecule has 2 fully saturated rings. The SMILES string of the molecule is O=C([C@@H]1CCN(c2cccc(C(F)(F)F)c2)C1=O)N1CCC(Cc2ccccc2)CC1. The predicted molar refractivity (Wildman–Crippen MR) is 111 cm³/mol. The summed E-state index contributed by atoms with van der Waals surface area (Å²) in [6, 6.07) is 15.0. The first-order valence-electron chi connectivity index (χ1n) is 10.6. The van der Waals surface area contributed by atoms with E-state index in [1.807, 2.05) is 18.2 Å². The van der Waals surface area contributed by atoms with Crippen molar-refractivity contribution in [1.29, 1.82) is 0 Å². The van der Waals surface area contributed by atoms with Crippen molar-refractivity contribution in [3.05, 3.63) is 65.7 Å². The Morgan fingerprint density at radius 3 is 2.32 bits per heavy atom. The predicted octanol–water partition coefficient (Wildman–Crippen LogP) is 4.54. The van der Waals surface area contributed by atoms with Gasteiger partial charge in [0.2, 0.25) is 11.8 Å². The van der Waals surface area contributed by atoms with Crippen molar-refractivity contribution in [2.24, 2.45) is 11.8 Å². The van der Waals surface area contributed by atoms with Gasteiger partial charge in [0.05, 0.1) is 5.56 Å². The molecule has 0 unspecified atom stereocenters. The monoisotopic (exact) mass is 430 g/mol. The highest BCUT2D eigenvalue weighted by molar-refractivity contribution is 6.09. The standard InChI is InChI=1S/C24H25F3N2O2/c25-24(26,27)19-7-4-8-20(16-19)29-14-11-21(23(29)31)22(30)28-12-9-18(10-13-28)15-17-5-2-1-3-6-17/h1-8,16,18,21H,9-15H2/t21-/m0/s1. The Labute approximate surface area is 179 Å². The van der Waals surface area contributed by atoms with E-state index in [2.05, 4.69) is 12.1 Å². The average molecular weight is 430 g/mol. The zero-order valence-electron chi connectivity index (χ0n) is 17.1. The molecule has 1 atom stereocenters. The summed E-state index contributed by atoms with van der Waals surface area (Å²) in [5.74, 6) is -0.902. The molecule has 2 aromatic carbocycles. The first kappa shape index (κ1) is 21.4. The Hall–Kier alpha value is -2.83. The summed E-state index contributed by atoms with van der Waals surface area (Å²) in [6.07, 6.45) is -1.39. The van der Waals surface area contributed by atoms with E-state index in [1.165, 1.54) is 22.6 Å². The number of halogens is 3. The average Bonchev–Trinajstić information content (AvgIpc) is 3.15. The number of carbonyl (C=O) groups is 2. The number of amides is 2. The lowest BCUT2D eigenvalue weighted by Crippen LogP contribution is -2.44. The van der Waals surface area contributed by atoms with Crippen molar-refractivity contribution in [1.82, 2.24) is 4.90 Å². The van der Waals surface area contributed by atoms with Gasteiger partial charge in [-0.05, 0) is 55.4 Å². The second kappa shape index (κ2) is 8.73. The molecule has 0 spiro atoms. The van der Waals surface area contributed by atoms with Gasteiger partial charge in [0.25, 0.3) is 0 Å². The van der Waals surface area contributed by atoms with Gasteiger partial charge >= 0.3 is 6.18 Å². The Bertz CT molecular complexity index is 937. The number of hydrogen-bond donors (Lipinski definition) is 0. The number of piperidine rings is 1. The molecule has 2 amide bonds. The lowest BCUT2D eigenvalue weighted by Gasteiger charge is -2.33. The van der Waals surface area contributed by atoms with Crippen molar-refractivity contribution in [2.75, 3.05) is 24.5 Å². The van der Waals surface area contributed by atoms with Gasteiger partial charge in [-0.3, -0.25) is 9.59 Å². The van der Waals surface area contributed by atoms with E-state index < -0.39 is 23.6 Å². The Morgan fingerprint density at radius 1 is 0.935 bits per heavy atom. The van der Waals surface area contributed by atoms with Gasteiger partial charge < -0.3 is 9.80 Å². The number of rotatable bonds is 4. The highest BCUT2D eigenvalue weighted by Crippen LogP contribution is 2.34. The highest BCUT2D eigenvalue weighted by atomic mass is 19.4. The van der Waals surface area contributed by atoms with Crippen LogP contribution in [0.25, 0.3) is 0 Å². The van der Waals surface area contributed by atoms with Crippen LogP contribution >= 0.6 is 0 Å². The molecule has 2 heterocycles. The Kier molecular flexibility index (Phi) is 6.03. The molecular formula is C24H25F3N2O2. The van der Waals surface area contributed by atoms with Gasteiger partial charge in [-0.15, -0.1) is 0 Å². The van der Waals surface area contributed by atoms with Gasteiger partial charge in [-0.25, -0.2) is 0 Å². The minimum atomic E-state index is -4.47. The molecule has 7 heteroatoms. The van der Waals surface area contributed by atoms with Crippen LogP contribution in [0.2, 0.25) is 0 Å². The smallest absolute Gasteiger partial charge is 0.342 e. The summed E-state index contributed by atoms with van der Waals surface area (Å²) in [5, 5.41) is 0. The molecule has 0 aliphatic carbocycles. The fourth-order valence-corrected chi connectivity index (χ4v) is 4.54. The molecule has 0 N–H and O–H groups in total. The number of hydrogen-bond acceptors (Lipinski definition) is 2. The van der Waals surface area contributed by atoms with Gasteiger partial charge in [-0.2, -0.15) is 13.2 Å². The van der Waals surface area contributed by atoms with Crippen LogP contribution in [-0.4, -0.2) is 36.3 Å². The van der Waals surface area contributed by atoms with Crippen molar-refractivity contribution in [3.8, 4) is 0 Å². The minimum absolute atomic E-state index is 0.191. The summed E-state index contributed by atoms with van der Waals surface area (Å²) in [4.78, 5) is 28.9. The van der Waals surface area contributed by atoms with Crippen LogP contribution in [0.1, 0.15) is 30.4 Å². The van der Waals surface area contributed by atoms with Crippen LogP contribution in [0.3, 0.4) is 0 Å². The molecule has 2 aliphatic heterocycles. The molecular weight excluding hydrogens is 405 g/mol. The van der Waals surface area contributed by atoms with Crippen molar-refractivity contribution in [3.63, 3.8) is 0 Å². The Morgan fingerprint density at radius 2 is 1.65 bits per heavy atom. The largest absolute Gasteiger partial charge is 0.416 e. The van der Waals surface area contributed by atoms with Crippen molar-refractivity contribution < 1.29 is 22.8 Å². The molecule has 2 aliphatic rings. The van der Waals surface area contributed by atoms with Crippen LogP contribution in [-0.2, 0) is 22.2 Å². The second-order valence-corrected chi connectivity index (χ2v) is 8.34. The maximum Gasteiger partial charge on any atom is 0.416 e. The van der Waals surface area contributed by atoms with Gasteiger partial charge in [0, 0.05) is 25.3 Å². The normalized spacial score (nSPS) is 20.4. The molecule has 2 saturated heterocycles. The molecule has 2 aromatic rings. The van der Waals surface area contributed by atoms with E-state index in [0.717, 1.165) is 31.4 Å². The topological polar surface area (TPSA) is 40.6 Å². The van der Waals surface area contributed by atoms with Crippen molar-refractivity contribution in [2.45, 2.75) is 31.9 Å². The third-order valence-electron chi connectivity index (χ3n) is 6.28.